The summed E-state index contributed by atoms with van der Waals surface area (Å²) in [4.78, 5) is 12.5. The van der Waals surface area contributed by atoms with E-state index in [1.165, 1.54) is 12.1 Å². The second kappa shape index (κ2) is 10.6. The fourth-order valence-electron chi connectivity index (χ4n) is 3.81. The molecule has 4 N–H and O–H groups in total. The molecule has 1 amide bonds. The van der Waals surface area contributed by atoms with Crippen molar-refractivity contribution in [2.75, 3.05) is 5.32 Å². The number of rotatable bonds is 9. The first-order valence-corrected chi connectivity index (χ1v) is 12.6. The molecule has 0 bridgehead atoms. The second-order valence-corrected chi connectivity index (χ2v) is 9.99. The molecule has 180 valence electrons. The van der Waals surface area contributed by atoms with Gasteiger partial charge < -0.3 is 11.1 Å². The monoisotopic (exact) mass is 490 g/mol. The maximum absolute atomic E-state index is 13.4. The minimum Gasteiger partial charge on any atom is -0.323 e. The van der Waals surface area contributed by atoms with Gasteiger partial charge in [0.15, 0.2) is 6.54 Å². The number of carbonyl (C=O) groups excluding carboxylic acids is 1. The molecular formula is C26H28N5O3S+. The molecule has 35 heavy (non-hydrogen) atoms. The average Bonchev–Trinajstić information content (AvgIpc) is 3.27. The Morgan fingerprint density at radius 2 is 1.63 bits per heavy atom. The summed E-state index contributed by atoms with van der Waals surface area (Å²) < 4.78 is 33.1. The third kappa shape index (κ3) is 6.21. The molecule has 4 rings (SSSR count). The lowest BCUT2D eigenvalue weighted by atomic mass is 9.95. The summed E-state index contributed by atoms with van der Waals surface area (Å²) in [5.74, 6) is -0.267. The van der Waals surface area contributed by atoms with Gasteiger partial charge in [-0.3, -0.25) is 4.79 Å². The van der Waals surface area contributed by atoms with Crippen molar-refractivity contribution in [2.45, 2.75) is 23.5 Å². The largest absolute Gasteiger partial charge is 0.323 e. The standard InChI is InChI=1S/C26H27N5O3S/c1-30-15-16-31(19-30)18-24(32)28-22-13-8-14-23(17-22)35(33,34)29-26(21-11-6-3-7-12-21)25(27)20-9-4-2-5-10-20/h2-17,19,25-26,29H,18,27H2,1H3/p+1/t25-,26-/m1/s1. The van der Waals surface area contributed by atoms with E-state index in [1.54, 1.807) is 29.2 Å². The van der Waals surface area contributed by atoms with Crippen LogP contribution in [0.25, 0.3) is 0 Å². The quantitative estimate of drug-likeness (QED) is 0.313. The van der Waals surface area contributed by atoms with E-state index < -0.39 is 22.1 Å². The number of hydrogen-bond donors (Lipinski definition) is 3. The lowest BCUT2D eigenvalue weighted by molar-refractivity contribution is -0.671. The Balaban J connectivity index is 1.56. The molecule has 3 aromatic carbocycles. The summed E-state index contributed by atoms with van der Waals surface area (Å²) in [5.41, 5.74) is 8.48. The predicted molar refractivity (Wildman–Crippen MR) is 134 cm³/mol. The predicted octanol–water partition coefficient (Wildman–Crippen LogP) is 2.67. The van der Waals surface area contributed by atoms with Crippen molar-refractivity contribution < 1.29 is 17.8 Å². The van der Waals surface area contributed by atoms with Gasteiger partial charge in [-0.1, -0.05) is 66.7 Å². The van der Waals surface area contributed by atoms with Crippen LogP contribution in [0.4, 0.5) is 5.69 Å². The topological polar surface area (TPSA) is 110 Å². The molecule has 1 heterocycles. The fourth-order valence-corrected chi connectivity index (χ4v) is 5.11. The normalized spacial score (nSPS) is 13.2. The zero-order valence-corrected chi connectivity index (χ0v) is 20.1. The smallest absolute Gasteiger partial charge is 0.266 e. The Kier molecular flexibility index (Phi) is 7.40. The number of imidazole rings is 1. The SMILES string of the molecule is C[n+]1ccn(CC(=O)Nc2cccc(S(=O)(=O)N[C@H](c3ccccc3)[C@H](N)c3ccccc3)c2)c1. The number of nitrogens with zero attached hydrogens (tertiary/aromatic N) is 2. The van der Waals surface area contributed by atoms with E-state index in [1.807, 2.05) is 78.5 Å². The van der Waals surface area contributed by atoms with Crippen LogP contribution in [0.1, 0.15) is 23.2 Å². The first-order chi connectivity index (χ1) is 16.8. The molecule has 0 fully saturated rings. The lowest BCUT2D eigenvalue weighted by Gasteiger charge is -2.26. The van der Waals surface area contributed by atoms with E-state index in [0.717, 1.165) is 11.1 Å². The fraction of sp³-hybridized carbons (Fsp3) is 0.154. The Bertz CT molecular complexity index is 1390. The lowest BCUT2D eigenvalue weighted by Crippen LogP contribution is -2.36. The van der Waals surface area contributed by atoms with Crippen LogP contribution in [0, 0.1) is 0 Å². The number of hydrogen-bond acceptors (Lipinski definition) is 4. The number of aromatic nitrogens is 2. The van der Waals surface area contributed by atoms with Crippen LogP contribution < -0.4 is 20.3 Å². The van der Waals surface area contributed by atoms with Gasteiger partial charge in [0.2, 0.25) is 16.4 Å². The number of amides is 1. The van der Waals surface area contributed by atoms with Crippen LogP contribution in [-0.2, 0) is 28.4 Å². The summed E-state index contributed by atoms with van der Waals surface area (Å²) >= 11 is 0. The highest BCUT2D eigenvalue weighted by atomic mass is 32.2. The molecule has 0 aliphatic carbocycles. The molecule has 0 saturated heterocycles. The van der Waals surface area contributed by atoms with Crippen LogP contribution in [0.2, 0.25) is 0 Å². The van der Waals surface area contributed by atoms with Crippen LogP contribution in [0.5, 0.6) is 0 Å². The van der Waals surface area contributed by atoms with E-state index in [0.29, 0.717) is 5.69 Å². The maximum atomic E-state index is 13.4. The minimum atomic E-state index is -3.96. The second-order valence-electron chi connectivity index (χ2n) is 8.27. The van der Waals surface area contributed by atoms with Gasteiger partial charge in [-0.2, -0.15) is 0 Å². The Labute approximate surface area is 205 Å². The summed E-state index contributed by atoms with van der Waals surface area (Å²) in [5, 5.41) is 2.76. The molecule has 2 atom stereocenters. The highest BCUT2D eigenvalue weighted by Gasteiger charge is 2.27. The molecule has 1 aromatic heterocycles. The van der Waals surface area contributed by atoms with Crippen LogP contribution in [0.3, 0.4) is 0 Å². The van der Waals surface area contributed by atoms with Crippen molar-refractivity contribution in [2.24, 2.45) is 12.8 Å². The van der Waals surface area contributed by atoms with Crippen molar-refractivity contribution in [1.82, 2.24) is 9.29 Å². The first kappa shape index (κ1) is 24.3. The van der Waals surface area contributed by atoms with Crippen LogP contribution >= 0.6 is 0 Å². The molecular weight excluding hydrogens is 462 g/mol. The van der Waals surface area contributed by atoms with Crippen molar-refractivity contribution >= 4 is 21.6 Å². The van der Waals surface area contributed by atoms with Gasteiger partial charge in [-0.05, 0) is 29.3 Å². The number of sulfonamides is 1. The third-order valence-corrected chi connectivity index (χ3v) is 7.00. The minimum absolute atomic E-state index is 0.0313. The maximum Gasteiger partial charge on any atom is 0.266 e. The van der Waals surface area contributed by atoms with E-state index >= 15 is 0 Å². The van der Waals surface area contributed by atoms with Gasteiger partial charge in [0, 0.05) is 5.69 Å². The number of anilines is 1. The molecule has 0 spiro atoms. The number of benzene rings is 3. The van der Waals surface area contributed by atoms with E-state index in [4.69, 9.17) is 5.73 Å². The van der Waals surface area contributed by atoms with Crippen LogP contribution in [0.15, 0.2) is 109 Å². The zero-order chi connectivity index (χ0) is 24.8. The molecule has 0 saturated carbocycles. The highest BCUT2D eigenvalue weighted by molar-refractivity contribution is 7.89. The van der Waals surface area contributed by atoms with E-state index in [2.05, 4.69) is 10.0 Å². The Morgan fingerprint density at radius 1 is 0.971 bits per heavy atom. The zero-order valence-electron chi connectivity index (χ0n) is 19.3. The summed E-state index contributed by atoms with van der Waals surface area (Å²) in [6.07, 6.45) is 5.39. The van der Waals surface area contributed by atoms with Crippen molar-refractivity contribution in [3.8, 4) is 0 Å². The molecule has 0 aliphatic heterocycles. The third-order valence-electron chi connectivity index (χ3n) is 5.56. The number of nitrogens with one attached hydrogen (secondary N) is 2. The number of nitrogens with two attached hydrogens (primary N) is 1. The van der Waals surface area contributed by atoms with E-state index in [9.17, 15) is 13.2 Å². The summed E-state index contributed by atoms with van der Waals surface area (Å²) in [6.45, 7) is 0.109. The highest BCUT2D eigenvalue weighted by Crippen LogP contribution is 2.29. The van der Waals surface area contributed by atoms with Gasteiger partial charge in [0.1, 0.15) is 12.4 Å². The van der Waals surface area contributed by atoms with Gasteiger partial charge in [0.05, 0.1) is 24.0 Å². The molecule has 4 aromatic rings. The Hall–Kier alpha value is -3.79. The van der Waals surface area contributed by atoms with Crippen molar-refractivity contribution in [3.63, 3.8) is 0 Å². The van der Waals surface area contributed by atoms with Gasteiger partial charge in [-0.15, -0.1) is 0 Å². The van der Waals surface area contributed by atoms with Gasteiger partial charge in [0.25, 0.3) is 5.91 Å². The van der Waals surface area contributed by atoms with Crippen molar-refractivity contribution in [1.29, 1.82) is 0 Å². The molecule has 8 nitrogen and oxygen atoms in total. The van der Waals surface area contributed by atoms with Crippen molar-refractivity contribution in [3.05, 3.63) is 115 Å². The number of aryl methyl sites for hydroxylation is 1. The van der Waals surface area contributed by atoms with Crippen LogP contribution in [-0.4, -0.2) is 18.9 Å². The number of carbonyl (C=O) groups is 1. The summed E-state index contributed by atoms with van der Waals surface area (Å²) in [7, 11) is -2.10. The Morgan fingerprint density at radius 3 is 2.26 bits per heavy atom. The molecule has 0 aliphatic rings. The molecule has 0 unspecified atom stereocenters. The first-order valence-electron chi connectivity index (χ1n) is 11.1. The van der Waals surface area contributed by atoms with E-state index in [-0.39, 0.29) is 17.3 Å². The molecule has 0 radical (unpaired) electrons. The van der Waals surface area contributed by atoms with Gasteiger partial charge in [-0.25, -0.2) is 22.3 Å². The van der Waals surface area contributed by atoms with Gasteiger partial charge >= 0.3 is 0 Å². The molecule has 9 heteroatoms. The average molecular weight is 491 g/mol. The summed E-state index contributed by atoms with van der Waals surface area (Å²) in [6, 6.07) is 23.4.